The number of nitrogens with one attached hydrogen (secondary N) is 2. The average molecular weight is 588 g/mol. The van der Waals surface area contributed by atoms with Gasteiger partial charge in [0.1, 0.15) is 12.3 Å². The third-order valence-corrected chi connectivity index (χ3v) is 7.35. The first kappa shape index (κ1) is 31.5. The maximum absolute atomic E-state index is 13.6. The van der Waals surface area contributed by atoms with Gasteiger partial charge in [0.15, 0.2) is 0 Å². The summed E-state index contributed by atoms with van der Waals surface area (Å²) >= 11 is 0. The Labute approximate surface area is 244 Å². The number of rotatable bonds is 9. The maximum atomic E-state index is 13.6. The lowest BCUT2D eigenvalue weighted by atomic mass is 9.91. The molecule has 2 aromatic heterocycles. The molecule has 0 spiro atoms. The molecule has 1 atom stereocenters. The summed E-state index contributed by atoms with van der Waals surface area (Å²) in [4.78, 5) is 6.61. The van der Waals surface area contributed by atoms with Gasteiger partial charge in [-0.05, 0) is 37.0 Å². The zero-order valence-electron chi connectivity index (χ0n) is 24.6. The number of hydrogen-bond acceptors (Lipinski definition) is 7. The monoisotopic (exact) mass is 587 g/mol. The number of benzene rings is 1. The molecule has 1 aromatic carbocycles. The molecule has 0 bridgehead atoms. The highest BCUT2D eigenvalue weighted by molar-refractivity contribution is 5.94. The van der Waals surface area contributed by atoms with Crippen LogP contribution in [-0.2, 0) is 12.0 Å². The molecule has 1 unspecified atom stereocenters. The highest BCUT2D eigenvalue weighted by atomic mass is 19.4. The van der Waals surface area contributed by atoms with E-state index in [0.29, 0.717) is 28.9 Å². The summed E-state index contributed by atoms with van der Waals surface area (Å²) in [6.07, 6.45) is -1.88. The van der Waals surface area contributed by atoms with E-state index >= 15 is 0 Å². The molecule has 1 saturated heterocycles. The van der Waals surface area contributed by atoms with Gasteiger partial charge in [0.05, 0.1) is 49.5 Å². The van der Waals surface area contributed by atoms with Crippen LogP contribution in [0.4, 0.5) is 24.5 Å². The number of aromatic nitrogens is 2. The Morgan fingerprint density at radius 2 is 1.88 bits per heavy atom. The number of nitrogens with zero attached hydrogens (tertiary/aromatic N) is 3. The highest BCUT2D eigenvalue weighted by Gasteiger charge is 2.30. The molecule has 8 nitrogen and oxygen atoms in total. The molecule has 11 heteroatoms. The second-order valence-corrected chi connectivity index (χ2v) is 11.7. The van der Waals surface area contributed by atoms with E-state index in [1.54, 1.807) is 31.5 Å². The predicted octanol–water partition coefficient (Wildman–Crippen LogP) is 4.60. The van der Waals surface area contributed by atoms with Gasteiger partial charge in [-0.1, -0.05) is 32.8 Å². The number of halogens is 3. The van der Waals surface area contributed by atoms with E-state index in [2.05, 4.69) is 53.1 Å². The molecule has 0 amide bonds. The molecule has 0 saturated carbocycles. The van der Waals surface area contributed by atoms with Gasteiger partial charge in [-0.3, -0.25) is 4.98 Å². The average Bonchev–Trinajstić information content (AvgIpc) is 3.28. The fourth-order valence-corrected chi connectivity index (χ4v) is 5.12. The topological polar surface area (TPSA) is 94.8 Å². The Hall–Kier alpha value is -3.46. The van der Waals surface area contributed by atoms with Gasteiger partial charge in [-0.25, -0.2) is 0 Å². The molecule has 1 aliphatic rings. The van der Waals surface area contributed by atoms with Crippen LogP contribution >= 0.6 is 0 Å². The number of fused-ring (bicyclic) bond motifs is 1. The molecular weight excluding hydrogens is 547 g/mol. The minimum atomic E-state index is -4.41. The van der Waals surface area contributed by atoms with Crippen molar-refractivity contribution in [2.24, 2.45) is 0 Å². The molecule has 4 N–H and O–H groups in total. The number of methoxy groups -OCH3 is 1. The third-order valence-electron chi connectivity index (χ3n) is 7.35. The van der Waals surface area contributed by atoms with Gasteiger partial charge in [0, 0.05) is 53.9 Å². The second kappa shape index (κ2) is 13.2. The molecule has 0 aliphatic carbocycles. The molecule has 1 fully saturated rings. The fourth-order valence-electron chi connectivity index (χ4n) is 5.12. The highest BCUT2D eigenvalue weighted by Crippen LogP contribution is 2.32. The van der Waals surface area contributed by atoms with Gasteiger partial charge in [0.2, 0.25) is 0 Å². The zero-order chi connectivity index (χ0) is 30.5. The van der Waals surface area contributed by atoms with E-state index in [4.69, 9.17) is 9.84 Å². The number of alkyl halides is 3. The minimum Gasteiger partial charge on any atom is -0.494 e. The first-order chi connectivity index (χ1) is 19.9. The van der Waals surface area contributed by atoms with Crippen LogP contribution in [0.2, 0.25) is 0 Å². The number of aliphatic hydroxyl groups excluding tert-OH is 2. The van der Waals surface area contributed by atoms with Crippen LogP contribution in [0.5, 0.6) is 5.75 Å². The number of β-amino-alcohol motifs (C(OH)–C–C–N with tert-alkyl or cyclic N) is 1. The Bertz CT molecular complexity index is 1410. The number of ether oxygens (including phenoxy) is 1. The summed E-state index contributed by atoms with van der Waals surface area (Å²) < 4.78 is 47.5. The Kier molecular flexibility index (Phi) is 9.92. The van der Waals surface area contributed by atoms with Crippen molar-refractivity contribution in [1.82, 2.24) is 14.5 Å². The molecule has 0 radical (unpaired) electrons. The van der Waals surface area contributed by atoms with E-state index < -0.39 is 18.8 Å². The number of anilines is 2. The summed E-state index contributed by atoms with van der Waals surface area (Å²) in [6.45, 7) is 6.88. The van der Waals surface area contributed by atoms with Crippen LogP contribution in [0.15, 0.2) is 36.5 Å². The maximum Gasteiger partial charge on any atom is 0.406 e. The summed E-state index contributed by atoms with van der Waals surface area (Å²) in [5, 5.41) is 26.2. The summed E-state index contributed by atoms with van der Waals surface area (Å²) in [7, 11) is 1.57. The summed E-state index contributed by atoms with van der Waals surface area (Å²) in [6, 6.07) is 9.03. The molecular formula is C31H40F3N5O3. The number of likely N-dealkylation sites (tertiary alicyclic amines) is 1. The van der Waals surface area contributed by atoms with Gasteiger partial charge < -0.3 is 35.1 Å². The fraction of sp³-hybridized carbons (Fsp3) is 0.516. The van der Waals surface area contributed by atoms with Gasteiger partial charge in [-0.15, -0.1) is 0 Å². The van der Waals surface area contributed by atoms with Gasteiger partial charge in [0.25, 0.3) is 0 Å². The van der Waals surface area contributed by atoms with Crippen LogP contribution in [0.25, 0.3) is 10.9 Å². The van der Waals surface area contributed by atoms with E-state index in [9.17, 15) is 18.3 Å². The molecule has 3 aromatic rings. The van der Waals surface area contributed by atoms with Crippen molar-refractivity contribution < 1.29 is 28.1 Å². The summed E-state index contributed by atoms with van der Waals surface area (Å²) in [5.41, 5.74) is 2.88. The number of aliphatic hydroxyl groups is 2. The molecule has 1 aliphatic heterocycles. The molecule has 4 rings (SSSR count). The van der Waals surface area contributed by atoms with Crippen molar-refractivity contribution in [2.45, 2.75) is 63.9 Å². The lowest BCUT2D eigenvalue weighted by Crippen LogP contribution is -2.43. The smallest absolute Gasteiger partial charge is 0.406 e. The number of piperidine rings is 1. The van der Waals surface area contributed by atoms with Crippen molar-refractivity contribution in [2.75, 3.05) is 50.5 Å². The van der Waals surface area contributed by atoms with Crippen molar-refractivity contribution in [3.8, 4) is 17.6 Å². The lowest BCUT2D eigenvalue weighted by Gasteiger charge is -2.33. The quantitative estimate of drug-likeness (QED) is 0.272. The zero-order valence-corrected chi connectivity index (χ0v) is 24.6. The number of hydrogen-bond donors (Lipinski definition) is 4. The third kappa shape index (κ3) is 8.09. The van der Waals surface area contributed by atoms with Crippen molar-refractivity contribution in [3.63, 3.8) is 0 Å². The minimum absolute atomic E-state index is 0.135. The van der Waals surface area contributed by atoms with Crippen LogP contribution in [0, 0.1) is 11.8 Å². The van der Waals surface area contributed by atoms with Crippen LogP contribution < -0.4 is 15.4 Å². The Balaban J connectivity index is 1.52. The van der Waals surface area contributed by atoms with Crippen molar-refractivity contribution in [3.05, 3.63) is 47.9 Å². The van der Waals surface area contributed by atoms with Gasteiger partial charge in [-0.2, -0.15) is 13.2 Å². The lowest BCUT2D eigenvalue weighted by molar-refractivity contribution is -0.140. The normalized spacial score (nSPS) is 15.7. The summed E-state index contributed by atoms with van der Waals surface area (Å²) in [5.74, 6) is 6.52. The van der Waals surface area contributed by atoms with E-state index in [1.807, 2.05) is 12.1 Å². The molecule has 228 valence electrons. The van der Waals surface area contributed by atoms with Crippen LogP contribution in [0.1, 0.15) is 45.0 Å². The van der Waals surface area contributed by atoms with Crippen LogP contribution in [-0.4, -0.2) is 82.9 Å². The Morgan fingerprint density at radius 3 is 2.52 bits per heavy atom. The Morgan fingerprint density at radius 1 is 1.14 bits per heavy atom. The first-order valence-electron chi connectivity index (χ1n) is 14.1. The van der Waals surface area contributed by atoms with Crippen molar-refractivity contribution >= 4 is 22.3 Å². The van der Waals surface area contributed by atoms with Crippen LogP contribution in [0.3, 0.4) is 0 Å². The van der Waals surface area contributed by atoms with E-state index in [1.165, 1.54) is 4.57 Å². The molecule has 3 heterocycles. The standard InChI is InChI=1S/C31H40F3N5O3/c1-30(2,3)29-16-28(42-4)26(17-36-29)35-12-6-7-22-15-24-25(8-5-9-27(24)39(22)20-31(32,33)34)37-21-10-13-38(14-11-21)18-23(41)19-40/h5,8-9,15-17,21,23,35,37,40-41H,10-14,18-20H2,1-4H3. The second-order valence-electron chi connectivity index (χ2n) is 11.7. The number of pyridine rings is 1. The molecule has 42 heavy (non-hydrogen) atoms. The van der Waals surface area contributed by atoms with Crippen molar-refractivity contribution in [1.29, 1.82) is 0 Å². The van der Waals surface area contributed by atoms with E-state index in [-0.39, 0.29) is 30.3 Å². The van der Waals surface area contributed by atoms with E-state index in [0.717, 1.165) is 37.3 Å². The van der Waals surface area contributed by atoms with Gasteiger partial charge >= 0.3 is 6.18 Å². The SMILES string of the molecule is COc1cc(C(C)(C)C)ncc1NCC#Cc1cc2c(NC3CCN(CC(O)CO)CC3)cccc2n1CC(F)(F)F. The first-order valence-corrected chi connectivity index (χ1v) is 14.1. The predicted molar refractivity (Wildman–Crippen MR) is 159 cm³/mol. The largest absolute Gasteiger partial charge is 0.494 e.